The van der Waals surface area contributed by atoms with Gasteiger partial charge in [0.15, 0.2) is 0 Å². The fourth-order valence-electron chi connectivity index (χ4n) is 1.96. The Labute approximate surface area is 90.6 Å². The molecule has 1 saturated heterocycles. The Hall–Kier alpha value is -0.870. The Morgan fingerprint density at radius 3 is 3.33 bits per heavy atom. The highest BCUT2D eigenvalue weighted by molar-refractivity contribution is 4.99. The van der Waals surface area contributed by atoms with Crippen LogP contribution >= 0.6 is 0 Å². The molecule has 1 aromatic heterocycles. The van der Waals surface area contributed by atoms with Crippen LogP contribution in [-0.4, -0.2) is 29.0 Å². The quantitative estimate of drug-likeness (QED) is 0.791. The van der Waals surface area contributed by atoms with Gasteiger partial charge in [-0.25, -0.2) is 0 Å². The summed E-state index contributed by atoms with van der Waals surface area (Å²) in [7, 11) is 0. The summed E-state index contributed by atoms with van der Waals surface area (Å²) in [6.07, 6.45) is 4.68. The molecule has 1 aliphatic rings. The summed E-state index contributed by atoms with van der Waals surface area (Å²) in [5.41, 5.74) is 1.25. The van der Waals surface area contributed by atoms with E-state index in [-0.39, 0.29) is 0 Å². The third-order valence-electron chi connectivity index (χ3n) is 2.81. The average molecular weight is 209 g/mol. The van der Waals surface area contributed by atoms with Crippen molar-refractivity contribution in [3.05, 3.63) is 18.0 Å². The first kappa shape index (κ1) is 10.6. The van der Waals surface area contributed by atoms with Gasteiger partial charge in [0.1, 0.15) is 0 Å². The maximum atomic E-state index is 5.54. The van der Waals surface area contributed by atoms with Crippen LogP contribution in [0.1, 0.15) is 25.5 Å². The molecule has 0 amide bonds. The molecule has 15 heavy (non-hydrogen) atoms. The largest absolute Gasteiger partial charge is 0.377 e. The SMILES string of the molecule is CCn1nccc1CNC[C@H]1CCCO1. The lowest BCUT2D eigenvalue weighted by molar-refractivity contribution is 0.110. The zero-order chi connectivity index (χ0) is 10.5. The molecule has 2 rings (SSSR count). The van der Waals surface area contributed by atoms with Crippen molar-refractivity contribution >= 4 is 0 Å². The number of ether oxygens (including phenoxy) is 1. The minimum atomic E-state index is 0.419. The van der Waals surface area contributed by atoms with Gasteiger partial charge >= 0.3 is 0 Å². The first-order valence-electron chi connectivity index (χ1n) is 5.73. The van der Waals surface area contributed by atoms with Crippen LogP contribution in [0.25, 0.3) is 0 Å². The molecule has 0 spiro atoms. The lowest BCUT2D eigenvalue weighted by Gasteiger charge is -2.11. The van der Waals surface area contributed by atoms with Crippen molar-refractivity contribution in [2.75, 3.05) is 13.2 Å². The van der Waals surface area contributed by atoms with E-state index in [2.05, 4.69) is 23.4 Å². The van der Waals surface area contributed by atoms with E-state index in [4.69, 9.17) is 4.74 Å². The van der Waals surface area contributed by atoms with E-state index in [1.54, 1.807) is 0 Å². The van der Waals surface area contributed by atoms with E-state index in [0.29, 0.717) is 6.10 Å². The Bertz CT molecular complexity index is 292. The van der Waals surface area contributed by atoms with E-state index >= 15 is 0 Å². The predicted octanol–water partition coefficient (Wildman–Crippen LogP) is 1.17. The first-order chi connectivity index (χ1) is 7.40. The van der Waals surface area contributed by atoms with Crippen molar-refractivity contribution in [2.45, 2.75) is 39.0 Å². The first-order valence-corrected chi connectivity index (χ1v) is 5.73. The molecule has 1 aromatic rings. The van der Waals surface area contributed by atoms with Gasteiger partial charge in [0.25, 0.3) is 0 Å². The molecular weight excluding hydrogens is 190 g/mol. The maximum Gasteiger partial charge on any atom is 0.0700 e. The van der Waals surface area contributed by atoms with Crippen molar-refractivity contribution in [3.8, 4) is 0 Å². The van der Waals surface area contributed by atoms with Gasteiger partial charge in [-0.2, -0.15) is 5.10 Å². The summed E-state index contributed by atoms with van der Waals surface area (Å²) in [6, 6.07) is 2.06. The number of rotatable bonds is 5. The number of nitrogens with zero attached hydrogens (tertiary/aromatic N) is 2. The number of aromatic nitrogens is 2. The lowest BCUT2D eigenvalue weighted by Crippen LogP contribution is -2.26. The van der Waals surface area contributed by atoms with Crippen LogP contribution in [0, 0.1) is 0 Å². The second kappa shape index (κ2) is 5.28. The Kier molecular flexibility index (Phi) is 3.75. The Morgan fingerprint density at radius 1 is 1.67 bits per heavy atom. The number of nitrogens with one attached hydrogen (secondary N) is 1. The van der Waals surface area contributed by atoms with Crippen molar-refractivity contribution in [1.82, 2.24) is 15.1 Å². The smallest absolute Gasteiger partial charge is 0.0700 e. The predicted molar refractivity (Wildman–Crippen MR) is 58.6 cm³/mol. The van der Waals surface area contributed by atoms with Crippen molar-refractivity contribution in [2.24, 2.45) is 0 Å². The summed E-state index contributed by atoms with van der Waals surface area (Å²) in [5, 5.41) is 7.65. The van der Waals surface area contributed by atoms with Gasteiger partial charge in [-0.1, -0.05) is 0 Å². The van der Waals surface area contributed by atoms with Gasteiger partial charge in [-0.15, -0.1) is 0 Å². The minimum absolute atomic E-state index is 0.419. The van der Waals surface area contributed by atoms with Crippen LogP contribution in [0.2, 0.25) is 0 Å². The van der Waals surface area contributed by atoms with Gasteiger partial charge in [0.2, 0.25) is 0 Å². The van der Waals surface area contributed by atoms with Crippen LogP contribution in [0.3, 0.4) is 0 Å². The van der Waals surface area contributed by atoms with E-state index < -0.39 is 0 Å². The maximum absolute atomic E-state index is 5.54. The van der Waals surface area contributed by atoms with Crippen LogP contribution in [0.5, 0.6) is 0 Å². The molecule has 1 atom stereocenters. The zero-order valence-electron chi connectivity index (χ0n) is 9.28. The molecule has 0 radical (unpaired) electrons. The highest BCUT2D eigenvalue weighted by Gasteiger charge is 2.14. The lowest BCUT2D eigenvalue weighted by atomic mass is 10.2. The summed E-state index contributed by atoms with van der Waals surface area (Å²) in [6.45, 7) is 5.81. The average Bonchev–Trinajstić information content (AvgIpc) is 2.88. The second-order valence-electron chi connectivity index (χ2n) is 3.90. The molecule has 1 N–H and O–H groups in total. The Balaban J connectivity index is 1.73. The van der Waals surface area contributed by atoms with Gasteiger partial charge in [0, 0.05) is 32.4 Å². The highest BCUT2D eigenvalue weighted by atomic mass is 16.5. The van der Waals surface area contributed by atoms with Crippen LogP contribution < -0.4 is 5.32 Å². The molecule has 0 aromatic carbocycles. The molecule has 0 saturated carbocycles. The minimum Gasteiger partial charge on any atom is -0.377 e. The standard InChI is InChI=1S/C11H19N3O/c1-2-14-10(5-6-13-14)8-12-9-11-4-3-7-15-11/h5-6,11-12H,2-4,7-9H2,1H3/t11-/m1/s1. The van der Waals surface area contributed by atoms with E-state index in [1.807, 2.05) is 10.9 Å². The monoisotopic (exact) mass is 209 g/mol. The van der Waals surface area contributed by atoms with E-state index in [1.165, 1.54) is 18.5 Å². The second-order valence-corrected chi connectivity index (χ2v) is 3.90. The van der Waals surface area contributed by atoms with E-state index in [9.17, 15) is 0 Å². The van der Waals surface area contributed by atoms with Crippen LogP contribution in [0.4, 0.5) is 0 Å². The molecular formula is C11H19N3O. The molecule has 84 valence electrons. The van der Waals surface area contributed by atoms with Gasteiger partial charge < -0.3 is 10.1 Å². The van der Waals surface area contributed by atoms with Crippen LogP contribution in [0.15, 0.2) is 12.3 Å². The zero-order valence-corrected chi connectivity index (χ0v) is 9.28. The topological polar surface area (TPSA) is 39.1 Å². The Morgan fingerprint density at radius 2 is 2.60 bits per heavy atom. The fourth-order valence-corrected chi connectivity index (χ4v) is 1.96. The van der Waals surface area contributed by atoms with Crippen molar-refractivity contribution < 1.29 is 4.74 Å². The third kappa shape index (κ3) is 2.79. The number of aryl methyl sites for hydroxylation is 1. The van der Waals surface area contributed by atoms with Gasteiger partial charge in [-0.05, 0) is 25.8 Å². The third-order valence-corrected chi connectivity index (χ3v) is 2.81. The molecule has 0 unspecified atom stereocenters. The van der Waals surface area contributed by atoms with Gasteiger partial charge in [-0.3, -0.25) is 4.68 Å². The van der Waals surface area contributed by atoms with Gasteiger partial charge in [0.05, 0.1) is 11.8 Å². The fraction of sp³-hybridized carbons (Fsp3) is 0.727. The summed E-state index contributed by atoms with van der Waals surface area (Å²) < 4.78 is 7.56. The molecule has 1 fully saturated rings. The van der Waals surface area contributed by atoms with E-state index in [0.717, 1.165) is 26.2 Å². The normalized spacial score (nSPS) is 21.0. The molecule has 0 bridgehead atoms. The summed E-state index contributed by atoms with van der Waals surface area (Å²) in [4.78, 5) is 0. The van der Waals surface area contributed by atoms with Crippen molar-refractivity contribution in [1.29, 1.82) is 0 Å². The molecule has 4 nitrogen and oxygen atoms in total. The van der Waals surface area contributed by atoms with Crippen LogP contribution in [-0.2, 0) is 17.8 Å². The molecule has 0 aliphatic carbocycles. The summed E-state index contributed by atoms with van der Waals surface area (Å²) >= 11 is 0. The summed E-state index contributed by atoms with van der Waals surface area (Å²) in [5.74, 6) is 0. The molecule has 2 heterocycles. The molecule has 4 heteroatoms. The highest BCUT2D eigenvalue weighted by Crippen LogP contribution is 2.10. The number of hydrogen-bond acceptors (Lipinski definition) is 3. The number of hydrogen-bond donors (Lipinski definition) is 1. The molecule has 1 aliphatic heterocycles. The van der Waals surface area contributed by atoms with Crippen molar-refractivity contribution in [3.63, 3.8) is 0 Å².